The summed E-state index contributed by atoms with van der Waals surface area (Å²) in [6.07, 6.45) is 2.56. The smallest absolute Gasteiger partial charge is 0.310 e. The molecule has 0 bridgehead atoms. The normalized spacial score (nSPS) is 24.9. The lowest BCUT2D eigenvalue weighted by Crippen LogP contribution is -2.50. The van der Waals surface area contributed by atoms with Gasteiger partial charge in [0.1, 0.15) is 0 Å². The molecule has 2 N–H and O–H groups in total. The summed E-state index contributed by atoms with van der Waals surface area (Å²) in [7, 11) is 1.60. The fourth-order valence-electron chi connectivity index (χ4n) is 3.06. The Bertz CT molecular complexity index is 308. The lowest BCUT2D eigenvalue weighted by Gasteiger charge is -2.40. The highest BCUT2D eigenvalue weighted by Gasteiger charge is 2.41. The molecule has 0 amide bonds. The van der Waals surface area contributed by atoms with Crippen molar-refractivity contribution >= 4 is 5.97 Å². The molecule has 0 radical (unpaired) electrons. The number of aliphatic hydroxyl groups excluding tert-OH is 1. The van der Waals surface area contributed by atoms with Gasteiger partial charge in [0, 0.05) is 20.2 Å². The van der Waals surface area contributed by atoms with Crippen LogP contribution in [0.2, 0.25) is 0 Å². The van der Waals surface area contributed by atoms with Crippen molar-refractivity contribution in [3.8, 4) is 0 Å². The molecule has 124 valence electrons. The molecule has 0 spiro atoms. The lowest BCUT2D eigenvalue weighted by atomic mass is 9.76. The number of carboxylic acid groups (broad SMARTS) is 1. The number of rotatable bonds is 10. The average molecular weight is 303 g/mol. The SMILES string of the molecule is CCCC1(C(=O)O)CCCN(CC(O)COCCOC)C1. The number of nitrogens with zero attached hydrogens (tertiary/aromatic N) is 1. The first-order valence-corrected chi connectivity index (χ1v) is 7.74. The number of likely N-dealkylation sites (tertiary alicyclic amines) is 1. The second kappa shape index (κ2) is 9.35. The lowest BCUT2D eigenvalue weighted by molar-refractivity contribution is -0.153. The predicted molar refractivity (Wildman–Crippen MR) is 79.4 cm³/mol. The van der Waals surface area contributed by atoms with E-state index in [2.05, 4.69) is 4.90 Å². The topological polar surface area (TPSA) is 79.2 Å². The Hall–Kier alpha value is -0.690. The molecule has 0 aromatic heterocycles. The fraction of sp³-hybridized carbons (Fsp3) is 0.933. The van der Waals surface area contributed by atoms with Gasteiger partial charge in [0.05, 0.1) is 31.3 Å². The van der Waals surface area contributed by atoms with E-state index >= 15 is 0 Å². The first-order chi connectivity index (χ1) is 10.0. The van der Waals surface area contributed by atoms with Crippen molar-refractivity contribution in [2.45, 2.75) is 38.7 Å². The molecule has 1 fully saturated rings. The third-order valence-corrected chi connectivity index (χ3v) is 4.05. The van der Waals surface area contributed by atoms with E-state index in [1.807, 2.05) is 6.92 Å². The van der Waals surface area contributed by atoms with Gasteiger partial charge in [-0.15, -0.1) is 0 Å². The van der Waals surface area contributed by atoms with E-state index in [0.29, 0.717) is 32.7 Å². The molecule has 0 aromatic rings. The maximum atomic E-state index is 11.6. The molecule has 6 heteroatoms. The first-order valence-electron chi connectivity index (χ1n) is 7.74. The number of hydrogen-bond donors (Lipinski definition) is 2. The molecule has 0 aromatic carbocycles. The van der Waals surface area contributed by atoms with Gasteiger partial charge in [-0.3, -0.25) is 9.69 Å². The van der Waals surface area contributed by atoms with Crippen molar-refractivity contribution in [1.82, 2.24) is 4.90 Å². The number of piperidine rings is 1. The van der Waals surface area contributed by atoms with Gasteiger partial charge >= 0.3 is 5.97 Å². The molecule has 6 nitrogen and oxygen atoms in total. The van der Waals surface area contributed by atoms with E-state index in [1.165, 1.54) is 0 Å². The summed E-state index contributed by atoms with van der Waals surface area (Å²) in [5, 5.41) is 19.5. The van der Waals surface area contributed by atoms with Gasteiger partial charge < -0.3 is 19.7 Å². The molecule has 1 aliphatic rings. The summed E-state index contributed by atoms with van der Waals surface area (Å²) < 4.78 is 10.2. The van der Waals surface area contributed by atoms with E-state index in [9.17, 15) is 15.0 Å². The van der Waals surface area contributed by atoms with Crippen molar-refractivity contribution in [2.75, 3.05) is 46.6 Å². The monoisotopic (exact) mass is 303 g/mol. The van der Waals surface area contributed by atoms with E-state index < -0.39 is 17.5 Å². The highest BCUT2D eigenvalue weighted by molar-refractivity contribution is 5.75. The number of carbonyl (C=O) groups is 1. The van der Waals surface area contributed by atoms with E-state index in [4.69, 9.17) is 9.47 Å². The van der Waals surface area contributed by atoms with Crippen molar-refractivity contribution in [3.05, 3.63) is 0 Å². The van der Waals surface area contributed by atoms with Gasteiger partial charge in [-0.1, -0.05) is 13.3 Å². The van der Waals surface area contributed by atoms with Gasteiger partial charge in [-0.25, -0.2) is 0 Å². The van der Waals surface area contributed by atoms with Crippen molar-refractivity contribution < 1.29 is 24.5 Å². The van der Waals surface area contributed by atoms with Crippen LogP contribution in [0.4, 0.5) is 0 Å². The van der Waals surface area contributed by atoms with E-state index in [0.717, 1.165) is 25.8 Å². The number of hydrogen-bond acceptors (Lipinski definition) is 5. The van der Waals surface area contributed by atoms with Crippen molar-refractivity contribution in [2.24, 2.45) is 5.41 Å². The molecule has 0 aliphatic carbocycles. The predicted octanol–water partition coefficient (Wildman–Crippen LogP) is 0.977. The van der Waals surface area contributed by atoms with Crippen LogP contribution in [-0.4, -0.2) is 73.8 Å². The number of carboxylic acids is 1. The Morgan fingerprint density at radius 3 is 2.81 bits per heavy atom. The van der Waals surface area contributed by atoms with Crippen LogP contribution >= 0.6 is 0 Å². The number of aliphatic carboxylic acids is 1. The molecular formula is C15H29NO5. The second-order valence-corrected chi connectivity index (χ2v) is 5.90. The number of methoxy groups -OCH3 is 1. The van der Waals surface area contributed by atoms with Gasteiger partial charge in [0.2, 0.25) is 0 Å². The van der Waals surface area contributed by atoms with Gasteiger partial charge in [-0.05, 0) is 25.8 Å². The Balaban J connectivity index is 2.42. The summed E-state index contributed by atoms with van der Waals surface area (Å²) in [6.45, 7) is 5.07. The maximum absolute atomic E-state index is 11.6. The summed E-state index contributed by atoms with van der Waals surface area (Å²) in [4.78, 5) is 13.7. The third-order valence-electron chi connectivity index (χ3n) is 4.05. The Morgan fingerprint density at radius 2 is 2.19 bits per heavy atom. The summed E-state index contributed by atoms with van der Waals surface area (Å²) >= 11 is 0. The third kappa shape index (κ3) is 5.90. The van der Waals surface area contributed by atoms with Crippen LogP contribution in [-0.2, 0) is 14.3 Å². The Kier molecular flexibility index (Phi) is 8.18. The zero-order valence-electron chi connectivity index (χ0n) is 13.2. The van der Waals surface area contributed by atoms with Crippen LogP contribution in [0.25, 0.3) is 0 Å². The van der Waals surface area contributed by atoms with E-state index in [1.54, 1.807) is 7.11 Å². The molecule has 1 heterocycles. The average Bonchev–Trinajstić information content (AvgIpc) is 2.44. The molecule has 21 heavy (non-hydrogen) atoms. The van der Waals surface area contributed by atoms with Crippen LogP contribution in [0.3, 0.4) is 0 Å². The highest BCUT2D eigenvalue weighted by Crippen LogP contribution is 2.35. The molecule has 2 atom stereocenters. The van der Waals surface area contributed by atoms with Gasteiger partial charge in [-0.2, -0.15) is 0 Å². The molecule has 0 saturated carbocycles. The minimum atomic E-state index is -0.708. The van der Waals surface area contributed by atoms with Gasteiger partial charge in [0.15, 0.2) is 0 Å². The summed E-state index contributed by atoms with van der Waals surface area (Å²) in [5.74, 6) is -0.708. The fourth-order valence-corrected chi connectivity index (χ4v) is 3.06. The van der Waals surface area contributed by atoms with Crippen LogP contribution in [0.5, 0.6) is 0 Å². The van der Waals surface area contributed by atoms with Crippen LogP contribution in [0, 0.1) is 5.41 Å². The van der Waals surface area contributed by atoms with Crippen molar-refractivity contribution in [3.63, 3.8) is 0 Å². The Morgan fingerprint density at radius 1 is 1.43 bits per heavy atom. The number of aliphatic hydroxyl groups is 1. The molecule has 1 aliphatic heterocycles. The van der Waals surface area contributed by atoms with Crippen LogP contribution in [0.15, 0.2) is 0 Å². The number of ether oxygens (including phenoxy) is 2. The zero-order valence-corrected chi connectivity index (χ0v) is 13.2. The Labute approximate surface area is 127 Å². The highest BCUT2D eigenvalue weighted by atomic mass is 16.5. The summed E-state index contributed by atoms with van der Waals surface area (Å²) in [5.41, 5.74) is -0.649. The largest absolute Gasteiger partial charge is 0.481 e. The first kappa shape index (κ1) is 18.4. The van der Waals surface area contributed by atoms with Crippen molar-refractivity contribution in [1.29, 1.82) is 0 Å². The molecule has 2 unspecified atom stereocenters. The zero-order chi connectivity index (χ0) is 15.7. The standard InChI is InChI=1S/C15H29NO5/c1-3-5-15(14(18)19)6-4-7-16(12-15)10-13(17)11-21-9-8-20-2/h13,17H,3-12H2,1-2H3,(H,18,19). The van der Waals surface area contributed by atoms with Gasteiger partial charge in [0.25, 0.3) is 0 Å². The van der Waals surface area contributed by atoms with Crippen LogP contribution in [0.1, 0.15) is 32.6 Å². The molecular weight excluding hydrogens is 274 g/mol. The minimum Gasteiger partial charge on any atom is -0.481 e. The maximum Gasteiger partial charge on any atom is 0.310 e. The summed E-state index contributed by atoms with van der Waals surface area (Å²) in [6, 6.07) is 0. The second-order valence-electron chi connectivity index (χ2n) is 5.90. The quantitative estimate of drug-likeness (QED) is 0.586. The van der Waals surface area contributed by atoms with E-state index in [-0.39, 0.29) is 6.61 Å². The molecule has 1 rings (SSSR count). The number of β-amino-alcohol motifs (C(OH)–C–C–N with tert-alkyl or cyclic N) is 1. The van der Waals surface area contributed by atoms with Crippen LogP contribution < -0.4 is 0 Å². The molecule has 1 saturated heterocycles. The minimum absolute atomic E-state index is 0.258.